The predicted molar refractivity (Wildman–Crippen MR) is 137 cm³/mol. The second kappa shape index (κ2) is 8.22. The van der Waals surface area contributed by atoms with Crippen molar-refractivity contribution in [3.63, 3.8) is 0 Å². The average Bonchev–Trinajstić information content (AvgIpc) is 3.11. The summed E-state index contributed by atoms with van der Waals surface area (Å²) in [5.41, 5.74) is 4.39. The van der Waals surface area contributed by atoms with E-state index in [2.05, 4.69) is 0 Å². The van der Waals surface area contributed by atoms with Crippen molar-refractivity contribution in [1.82, 2.24) is 13.7 Å². The van der Waals surface area contributed by atoms with Crippen LogP contribution in [0.15, 0.2) is 70.3 Å². The van der Waals surface area contributed by atoms with Crippen LogP contribution in [0.2, 0.25) is 5.02 Å². The Labute approximate surface area is 201 Å². The van der Waals surface area contributed by atoms with Crippen LogP contribution >= 0.6 is 11.6 Å². The number of aromatic nitrogens is 3. The summed E-state index contributed by atoms with van der Waals surface area (Å²) in [6, 6.07) is 18.9. The first-order chi connectivity index (χ1) is 16.3. The van der Waals surface area contributed by atoms with E-state index in [1.807, 2.05) is 74.0 Å². The topological polar surface area (TPSA) is 58.2 Å². The SMILES string of the molecule is COc1ccc2c(c1)c1c(c(=O)n(-c3cc(Cl)ccc3C)c(=O)n1Cc1cccc(C)c1)n2C. The lowest BCUT2D eigenvalue weighted by atomic mass is 10.1. The second-order valence-corrected chi connectivity index (χ2v) is 9.00. The largest absolute Gasteiger partial charge is 0.497 e. The fourth-order valence-corrected chi connectivity index (χ4v) is 4.80. The fraction of sp³-hybridized carbons (Fsp3) is 0.185. The third kappa shape index (κ3) is 3.42. The summed E-state index contributed by atoms with van der Waals surface area (Å²) in [5, 5.41) is 1.24. The molecule has 172 valence electrons. The Bertz CT molecular complexity index is 1710. The summed E-state index contributed by atoms with van der Waals surface area (Å²) in [5.74, 6) is 0.657. The Morgan fingerprint density at radius 1 is 0.941 bits per heavy atom. The summed E-state index contributed by atoms with van der Waals surface area (Å²) >= 11 is 6.26. The molecule has 2 heterocycles. The van der Waals surface area contributed by atoms with Crippen LogP contribution in [0.1, 0.15) is 16.7 Å². The van der Waals surface area contributed by atoms with Crippen LogP contribution in [-0.2, 0) is 13.6 Å². The van der Waals surface area contributed by atoms with Gasteiger partial charge >= 0.3 is 5.69 Å². The van der Waals surface area contributed by atoms with E-state index in [-0.39, 0.29) is 5.56 Å². The lowest BCUT2D eigenvalue weighted by Crippen LogP contribution is -2.40. The highest BCUT2D eigenvalue weighted by molar-refractivity contribution is 6.30. The molecule has 0 fully saturated rings. The van der Waals surface area contributed by atoms with Crippen molar-refractivity contribution in [3.8, 4) is 11.4 Å². The lowest BCUT2D eigenvalue weighted by molar-refractivity contribution is 0.415. The van der Waals surface area contributed by atoms with E-state index in [4.69, 9.17) is 16.3 Å². The van der Waals surface area contributed by atoms with E-state index in [0.29, 0.717) is 34.0 Å². The number of halogens is 1. The van der Waals surface area contributed by atoms with Crippen LogP contribution < -0.4 is 16.0 Å². The molecule has 0 unspecified atom stereocenters. The Morgan fingerprint density at radius 2 is 1.74 bits per heavy atom. The summed E-state index contributed by atoms with van der Waals surface area (Å²) in [4.78, 5) is 27.9. The molecule has 0 aliphatic carbocycles. The van der Waals surface area contributed by atoms with Gasteiger partial charge in [0.05, 0.1) is 30.4 Å². The number of methoxy groups -OCH3 is 1. The van der Waals surface area contributed by atoms with Gasteiger partial charge in [0.25, 0.3) is 5.56 Å². The molecular weight excluding hydrogens is 450 g/mol. The van der Waals surface area contributed by atoms with Gasteiger partial charge in [-0.2, -0.15) is 0 Å². The van der Waals surface area contributed by atoms with Gasteiger partial charge in [-0.1, -0.05) is 47.5 Å². The van der Waals surface area contributed by atoms with E-state index in [0.717, 1.165) is 27.6 Å². The van der Waals surface area contributed by atoms with E-state index in [1.165, 1.54) is 4.57 Å². The average molecular weight is 474 g/mol. The molecule has 0 aliphatic heterocycles. The number of rotatable bonds is 4. The van der Waals surface area contributed by atoms with Gasteiger partial charge in [0.15, 0.2) is 0 Å². The maximum atomic E-state index is 14.0. The van der Waals surface area contributed by atoms with Crippen LogP contribution in [0.5, 0.6) is 5.75 Å². The lowest BCUT2D eigenvalue weighted by Gasteiger charge is -2.15. The van der Waals surface area contributed by atoms with Crippen molar-refractivity contribution in [2.75, 3.05) is 7.11 Å². The van der Waals surface area contributed by atoms with Crippen LogP contribution in [0.4, 0.5) is 0 Å². The fourth-order valence-electron chi connectivity index (χ4n) is 4.63. The standard InChI is InChI=1S/C27H24ClN3O3/c1-16-6-5-7-18(12-16)15-30-24-21-14-20(34-4)10-11-22(21)29(3)25(24)26(32)31(27(30)33)23-13-19(28)9-8-17(23)2/h5-14H,15H2,1-4H3. The molecule has 0 radical (unpaired) electrons. The molecule has 0 bridgehead atoms. The second-order valence-electron chi connectivity index (χ2n) is 8.57. The molecule has 0 atom stereocenters. The molecule has 5 aromatic rings. The monoisotopic (exact) mass is 473 g/mol. The van der Waals surface area contributed by atoms with Crippen LogP contribution in [0.3, 0.4) is 0 Å². The van der Waals surface area contributed by atoms with Crippen LogP contribution in [0.25, 0.3) is 27.6 Å². The smallest absolute Gasteiger partial charge is 0.336 e. The van der Waals surface area contributed by atoms with Gasteiger partial charge in [0.2, 0.25) is 0 Å². The normalized spacial score (nSPS) is 11.4. The van der Waals surface area contributed by atoms with Gasteiger partial charge in [0, 0.05) is 17.5 Å². The van der Waals surface area contributed by atoms with E-state index in [1.54, 1.807) is 23.8 Å². The molecule has 34 heavy (non-hydrogen) atoms. The highest BCUT2D eigenvalue weighted by Gasteiger charge is 2.22. The highest BCUT2D eigenvalue weighted by Crippen LogP contribution is 2.30. The molecule has 0 saturated heterocycles. The van der Waals surface area contributed by atoms with Gasteiger partial charge in [-0.05, 0) is 55.3 Å². The summed E-state index contributed by atoms with van der Waals surface area (Å²) in [6.45, 7) is 4.19. The quantitative estimate of drug-likeness (QED) is 0.370. The maximum Gasteiger partial charge on any atom is 0.336 e. The van der Waals surface area contributed by atoms with E-state index < -0.39 is 5.69 Å². The first-order valence-electron chi connectivity index (χ1n) is 10.9. The molecule has 0 spiro atoms. The zero-order valence-corrected chi connectivity index (χ0v) is 20.2. The zero-order chi connectivity index (χ0) is 24.1. The zero-order valence-electron chi connectivity index (χ0n) is 19.4. The van der Waals surface area contributed by atoms with Crippen molar-refractivity contribution >= 4 is 33.5 Å². The molecule has 0 N–H and O–H groups in total. The number of hydrogen-bond donors (Lipinski definition) is 0. The number of nitrogens with zero attached hydrogens (tertiary/aromatic N) is 3. The molecule has 6 nitrogen and oxygen atoms in total. The predicted octanol–water partition coefficient (Wildman–Crippen LogP) is 4.97. The molecule has 0 amide bonds. The van der Waals surface area contributed by atoms with Crippen molar-refractivity contribution in [2.24, 2.45) is 7.05 Å². The van der Waals surface area contributed by atoms with E-state index in [9.17, 15) is 9.59 Å². The Kier molecular flexibility index (Phi) is 5.33. The molecule has 3 aromatic carbocycles. The molecule has 2 aromatic heterocycles. The first-order valence-corrected chi connectivity index (χ1v) is 11.3. The highest BCUT2D eigenvalue weighted by atomic mass is 35.5. The minimum atomic E-state index is -0.417. The van der Waals surface area contributed by atoms with Crippen molar-refractivity contribution in [3.05, 3.63) is 103 Å². The number of ether oxygens (including phenoxy) is 1. The Hall–Kier alpha value is -3.77. The van der Waals surface area contributed by atoms with Crippen LogP contribution in [-0.4, -0.2) is 20.8 Å². The van der Waals surface area contributed by atoms with Gasteiger partial charge in [-0.25, -0.2) is 9.36 Å². The number of hydrogen-bond acceptors (Lipinski definition) is 3. The molecular formula is C27H24ClN3O3. The van der Waals surface area contributed by atoms with E-state index >= 15 is 0 Å². The van der Waals surface area contributed by atoms with Crippen molar-refractivity contribution in [2.45, 2.75) is 20.4 Å². The maximum absolute atomic E-state index is 14.0. The Morgan fingerprint density at radius 3 is 2.47 bits per heavy atom. The minimum absolute atomic E-state index is 0.313. The van der Waals surface area contributed by atoms with Gasteiger partial charge in [-0.15, -0.1) is 0 Å². The summed E-state index contributed by atoms with van der Waals surface area (Å²) in [6.07, 6.45) is 0. The van der Waals surface area contributed by atoms with Gasteiger partial charge < -0.3 is 9.30 Å². The van der Waals surface area contributed by atoms with Gasteiger partial charge in [0.1, 0.15) is 11.3 Å². The third-order valence-corrected chi connectivity index (χ3v) is 6.55. The molecule has 0 saturated carbocycles. The molecule has 7 heteroatoms. The molecule has 0 aliphatic rings. The minimum Gasteiger partial charge on any atom is -0.497 e. The summed E-state index contributed by atoms with van der Waals surface area (Å²) < 4.78 is 10.2. The van der Waals surface area contributed by atoms with Crippen molar-refractivity contribution in [1.29, 1.82) is 0 Å². The number of fused-ring (bicyclic) bond motifs is 3. The first kappa shape index (κ1) is 22.0. The molecule has 5 rings (SSSR count). The number of aryl methyl sites for hydroxylation is 3. The third-order valence-electron chi connectivity index (χ3n) is 6.31. The van der Waals surface area contributed by atoms with Crippen LogP contribution in [0, 0.1) is 13.8 Å². The van der Waals surface area contributed by atoms with Crippen molar-refractivity contribution < 1.29 is 4.74 Å². The van der Waals surface area contributed by atoms with Gasteiger partial charge in [-0.3, -0.25) is 9.36 Å². The number of benzene rings is 3. The Balaban J connectivity index is 1.97. The summed E-state index contributed by atoms with van der Waals surface area (Å²) in [7, 11) is 3.44.